The van der Waals surface area contributed by atoms with Crippen LogP contribution in [-0.4, -0.2) is 24.5 Å². The number of anilines is 1. The summed E-state index contributed by atoms with van der Waals surface area (Å²) < 4.78 is 36.2. The van der Waals surface area contributed by atoms with E-state index in [-0.39, 0.29) is 23.6 Å². The van der Waals surface area contributed by atoms with Crippen LogP contribution in [0.4, 0.5) is 18.9 Å². The molecule has 0 atom stereocenters. The molecule has 2 amide bonds. The molecule has 0 bridgehead atoms. The van der Waals surface area contributed by atoms with Crippen LogP contribution in [0.1, 0.15) is 30.1 Å². The second kappa shape index (κ2) is 6.93. The maximum Gasteiger partial charge on any atom is 0.405 e. The van der Waals surface area contributed by atoms with Gasteiger partial charge in [0.25, 0.3) is 5.91 Å². The Bertz CT molecular complexity index is 487. The van der Waals surface area contributed by atoms with Gasteiger partial charge in [-0.15, -0.1) is 0 Å². The molecule has 1 aromatic carbocycles. The van der Waals surface area contributed by atoms with Gasteiger partial charge in [0, 0.05) is 6.42 Å². The van der Waals surface area contributed by atoms with E-state index in [0.717, 1.165) is 0 Å². The van der Waals surface area contributed by atoms with Crippen LogP contribution in [0.25, 0.3) is 0 Å². The van der Waals surface area contributed by atoms with Crippen LogP contribution in [0.2, 0.25) is 0 Å². The lowest BCUT2D eigenvalue weighted by Crippen LogP contribution is -2.34. The first-order valence-electron chi connectivity index (χ1n) is 6.07. The van der Waals surface area contributed by atoms with Crippen LogP contribution < -0.4 is 10.6 Å². The number of para-hydroxylation sites is 1. The van der Waals surface area contributed by atoms with Gasteiger partial charge in [-0.3, -0.25) is 9.59 Å². The fourth-order valence-electron chi connectivity index (χ4n) is 1.51. The smallest absolute Gasteiger partial charge is 0.343 e. The van der Waals surface area contributed by atoms with Crippen molar-refractivity contribution < 1.29 is 22.8 Å². The Kier molecular flexibility index (Phi) is 5.54. The van der Waals surface area contributed by atoms with Crippen molar-refractivity contribution in [2.24, 2.45) is 0 Å². The van der Waals surface area contributed by atoms with Crippen LogP contribution in [0.5, 0.6) is 0 Å². The van der Waals surface area contributed by atoms with Crippen molar-refractivity contribution in [1.82, 2.24) is 5.32 Å². The summed E-state index contributed by atoms with van der Waals surface area (Å²) >= 11 is 0. The molecular formula is C13H15F3N2O2. The monoisotopic (exact) mass is 288 g/mol. The number of halogens is 3. The van der Waals surface area contributed by atoms with E-state index in [1.54, 1.807) is 11.4 Å². The van der Waals surface area contributed by atoms with Crippen LogP contribution in [0.15, 0.2) is 24.3 Å². The molecule has 1 aromatic rings. The minimum absolute atomic E-state index is 0.00111. The molecule has 0 saturated carbocycles. The molecule has 0 aromatic heterocycles. The van der Waals surface area contributed by atoms with Gasteiger partial charge in [0.05, 0.1) is 11.3 Å². The minimum atomic E-state index is -4.48. The highest BCUT2D eigenvalue weighted by atomic mass is 19.4. The predicted molar refractivity (Wildman–Crippen MR) is 68.4 cm³/mol. The van der Waals surface area contributed by atoms with E-state index >= 15 is 0 Å². The van der Waals surface area contributed by atoms with E-state index in [1.807, 2.05) is 6.92 Å². The highest BCUT2D eigenvalue weighted by Gasteiger charge is 2.28. The second-order valence-electron chi connectivity index (χ2n) is 4.14. The Labute approximate surface area is 114 Å². The van der Waals surface area contributed by atoms with E-state index in [4.69, 9.17) is 0 Å². The van der Waals surface area contributed by atoms with Crippen molar-refractivity contribution in [2.75, 3.05) is 11.9 Å². The molecule has 0 aliphatic carbocycles. The van der Waals surface area contributed by atoms with Crippen molar-refractivity contribution in [2.45, 2.75) is 25.9 Å². The summed E-state index contributed by atoms with van der Waals surface area (Å²) in [7, 11) is 0. The molecule has 0 radical (unpaired) electrons. The molecular weight excluding hydrogens is 273 g/mol. The number of alkyl halides is 3. The Morgan fingerprint density at radius 2 is 1.85 bits per heavy atom. The summed E-state index contributed by atoms with van der Waals surface area (Å²) in [6.07, 6.45) is -3.57. The fraction of sp³-hybridized carbons (Fsp3) is 0.385. The molecule has 110 valence electrons. The van der Waals surface area contributed by atoms with Gasteiger partial charge in [0.15, 0.2) is 0 Å². The Morgan fingerprint density at radius 1 is 1.20 bits per heavy atom. The number of carbonyl (C=O) groups is 2. The topological polar surface area (TPSA) is 58.2 Å². The van der Waals surface area contributed by atoms with Gasteiger partial charge in [-0.05, 0) is 18.6 Å². The Morgan fingerprint density at radius 3 is 2.45 bits per heavy atom. The summed E-state index contributed by atoms with van der Waals surface area (Å²) in [5, 5.41) is 4.28. The highest BCUT2D eigenvalue weighted by Crippen LogP contribution is 2.17. The number of hydrogen-bond acceptors (Lipinski definition) is 2. The second-order valence-corrected chi connectivity index (χ2v) is 4.14. The third-order valence-electron chi connectivity index (χ3n) is 2.37. The normalized spacial score (nSPS) is 11.0. The van der Waals surface area contributed by atoms with Crippen LogP contribution in [0, 0.1) is 0 Å². The van der Waals surface area contributed by atoms with Gasteiger partial charge in [0.1, 0.15) is 6.54 Å². The molecule has 0 spiro atoms. The lowest BCUT2D eigenvalue weighted by molar-refractivity contribution is -0.123. The first-order chi connectivity index (χ1) is 9.33. The molecule has 0 unspecified atom stereocenters. The zero-order valence-corrected chi connectivity index (χ0v) is 10.9. The Balaban J connectivity index is 2.79. The number of carbonyl (C=O) groups excluding carboxylic acids is 2. The summed E-state index contributed by atoms with van der Waals surface area (Å²) in [5.74, 6) is -1.17. The van der Waals surface area contributed by atoms with Crippen LogP contribution in [-0.2, 0) is 4.79 Å². The van der Waals surface area contributed by atoms with Crippen molar-refractivity contribution in [3.8, 4) is 0 Å². The molecule has 0 saturated heterocycles. The summed E-state index contributed by atoms with van der Waals surface area (Å²) in [6, 6.07) is 5.92. The SMILES string of the molecule is CCCC(=O)Nc1ccccc1C(=O)NCC(F)(F)F. The van der Waals surface area contributed by atoms with Crippen molar-refractivity contribution in [3.05, 3.63) is 29.8 Å². The van der Waals surface area contributed by atoms with E-state index in [1.165, 1.54) is 18.2 Å². The zero-order valence-electron chi connectivity index (χ0n) is 10.9. The number of amides is 2. The van der Waals surface area contributed by atoms with E-state index in [2.05, 4.69) is 5.32 Å². The molecule has 0 fully saturated rings. The molecule has 0 heterocycles. The van der Waals surface area contributed by atoms with E-state index in [9.17, 15) is 22.8 Å². The summed E-state index contributed by atoms with van der Waals surface area (Å²) in [6.45, 7) is 0.407. The molecule has 2 N–H and O–H groups in total. The van der Waals surface area contributed by atoms with Crippen LogP contribution in [0.3, 0.4) is 0 Å². The number of nitrogens with one attached hydrogen (secondary N) is 2. The molecule has 7 heteroatoms. The fourth-order valence-corrected chi connectivity index (χ4v) is 1.51. The number of rotatable bonds is 5. The summed E-state index contributed by atoms with van der Waals surface area (Å²) in [5.41, 5.74) is 0.201. The van der Waals surface area contributed by atoms with Gasteiger partial charge in [-0.1, -0.05) is 19.1 Å². The largest absolute Gasteiger partial charge is 0.405 e. The molecule has 1 rings (SSSR count). The first kappa shape index (κ1) is 16.0. The Hall–Kier alpha value is -2.05. The first-order valence-corrected chi connectivity index (χ1v) is 6.07. The summed E-state index contributed by atoms with van der Waals surface area (Å²) in [4.78, 5) is 23.2. The zero-order chi connectivity index (χ0) is 15.2. The third kappa shape index (κ3) is 5.29. The molecule has 20 heavy (non-hydrogen) atoms. The highest BCUT2D eigenvalue weighted by molar-refractivity contribution is 6.03. The average Bonchev–Trinajstić information content (AvgIpc) is 2.36. The lowest BCUT2D eigenvalue weighted by atomic mass is 10.1. The standard InChI is InChI=1S/C13H15F3N2O2/c1-2-5-11(19)18-10-7-4-3-6-9(10)12(20)17-8-13(14,15)16/h3-4,6-7H,2,5,8H2,1H3,(H,17,20)(H,18,19). The maximum absolute atomic E-state index is 12.1. The van der Waals surface area contributed by atoms with E-state index in [0.29, 0.717) is 6.42 Å². The van der Waals surface area contributed by atoms with Crippen LogP contribution >= 0.6 is 0 Å². The number of hydrogen-bond donors (Lipinski definition) is 2. The third-order valence-corrected chi connectivity index (χ3v) is 2.37. The van der Waals surface area contributed by atoms with Crippen molar-refractivity contribution in [1.29, 1.82) is 0 Å². The van der Waals surface area contributed by atoms with Gasteiger partial charge < -0.3 is 10.6 Å². The maximum atomic E-state index is 12.1. The quantitative estimate of drug-likeness (QED) is 0.875. The van der Waals surface area contributed by atoms with Gasteiger partial charge in [-0.25, -0.2) is 0 Å². The average molecular weight is 288 g/mol. The van der Waals surface area contributed by atoms with Gasteiger partial charge in [0.2, 0.25) is 5.91 Å². The molecule has 0 aliphatic heterocycles. The van der Waals surface area contributed by atoms with Gasteiger partial charge in [-0.2, -0.15) is 13.2 Å². The molecule has 4 nitrogen and oxygen atoms in total. The lowest BCUT2D eigenvalue weighted by Gasteiger charge is -2.12. The molecule has 0 aliphatic rings. The van der Waals surface area contributed by atoms with Crippen molar-refractivity contribution in [3.63, 3.8) is 0 Å². The minimum Gasteiger partial charge on any atom is -0.343 e. The van der Waals surface area contributed by atoms with Gasteiger partial charge >= 0.3 is 6.18 Å². The van der Waals surface area contributed by atoms with Crippen molar-refractivity contribution >= 4 is 17.5 Å². The predicted octanol–water partition coefficient (Wildman–Crippen LogP) is 2.72. The number of benzene rings is 1. The van der Waals surface area contributed by atoms with E-state index < -0.39 is 18.6 Å².